The predicted octanol–water partition coefficient (Wildman–Crippen LogP) is 5.77. The van der Waals surface area contributed by atoms with Crippen molar-refractivity contribution in [2.75, 3.05) is 12.4 Å². The topological polar surface area (TPSA) is 120 Å². The summed E-state index contributed by atoms with van der Waals surface area (Å²) in [5.74, 6) is -0.264. The molecule has 0 saturated heterocycles. The Balaban J connectivity index is 1.39. The van der Waals surface area contributed by atoms with Gasteiger partial charge >= 0.3 is 5.97 Å². The Hall–Kier alpha value is -4.11. The highest BCUT2D eigenvalue weighted by molar-refractivity contribution is 6.32. The summed E-state index contributed by atoms with van der Waals surface area (Å²) < 4.78 is 10.8. The van der Waals surface area contributed by atoms with Gasteiger partial charge in [-0.3, -0.25) is 14.9 Å². The van der Waals surface area contributed by atoms with Crippen molar-refractivity contribution < 1.29 is 24.0 Å². The number of methoxy groups -OCH3 is 1. The number of halogens is 1. The first-order valence-electron chi connectivity index (χ1n) is 12.3. The first-order valence-corrected chi connectivity index (χ1v) is 12.6. The minimum absolute atomic E-state index is 0.0232. The molecule has 0 aliphatic heterocycles. The van der Waals surface area contributed by atoms with Crippen LogP contribution in [0, 0.1) is 10.1 Å². The van der Waals surface area contributed by atoms with Gasteiger partial charge in [0, 0.05) is 30.4 Å². The number of non-ortho nitro benzene ring substituents is 1. The van der Waals surface area contributed by atoms with E-state index in [1.54, 1.807) is 48.5 Å². The van der Waals surface area contributed by atoms with Gasteiger partial charge in [-0.1, -0.05) is 35.9 Å². The number of nitro groups is 1. The van der Waals surface area contributed by atoms with E-state index in [4.69, 9.17) is 21.1 Å². The van der Waals surface area contributed by atoms with E-state index in [1.807, 2.05) is 6.07 Å². The molecule has 1 saturated carbocycles. The first-order chi connectivity index (χ1) is 18.3. The zero-order valence-corrected chi connectivity index (χ0v) is 21.6. The van der Waals surface area contributed by atoms with Crippen molar-refractivity contribution in [2.45, 2.75) is 44.4 Å². The summed E-state index contributed by atoms with van der Waals surface area (Å²) in [5, 5.41) is 18.0. The van der Waals surface area contributed by atoms with Crippen molar-refractivity contribution in [2.24, 2.45) is 0 Å². The van der Waals surface area contributed by atoms with Gasteiger partial charge in [0.2, 0.25) is 0 Å². The second-order valence-corrected chi connectivity index (χ2v) is 9.44. The number of nitro benzene ring substituents is 1. The van der Waals surface area contributed by atoms with Crippen LogP contribution in [0.2, 0.25) is 5.02 Å². The predicted molar refractivity (Wildman–Crippen MR) is 144 cm³/mol. The molecule has 1 amide bonds. The first kappa shape index (κ1) is 26.9. The maximum absolute atomic E-state index is 13.1. The summed E-state index contributed by atoms with van der Waals surface area (Å²) in [5.41, 5.74) is 1.78. The molecule has 0 atom stereocenters. The average molecular weight is 538 g/mol. The van der Waals surface area contributed by atoms with Crippen LogP contribution in [0.3, 0.4) is 0 Å². The Labute approximate surface area is 225 Å². The molecule has 10 heteroatoms. The molecule has 0 unspecified atom stereocenters. The van der Waals surface area contributed by atoms with Crippen molar-refractivity contribution in [3.63, 3.8) is 0 Å². The number of ether oxygens (including phenoxy) is 2. The van der Waals surface area contributed by atoms with Crippen LogP contribution in [-0.2, 0) is 11.3 Å². The summed E-state index contributed by atoms with van der Waals surface area (Å²) in [6.45, 7) is 0.183. The zero-order valence-electron chi connectivity index (χ0n) is 20.8. The number of carbonyl (C=O) groups excluding carboxylic acids is 2. The number of anilines is 1. The second-order valence-electron chi connectivity index (χ2n) is 9.03. The maximum Gasteiger partial charge on any atom is 0.338 e. The Bertz CT molecular complexity index is 1310. The van der Waals surface area contributed by atoms with E-state index in [1.165, 1.54) is 19.2 Å². The molecule has 4 rings (SSSR count). The van der Waals surface area contributed by atoms with Crippen molar-refractivity contribution in [3.8, 4) is 5.75 Å². The van der Waals surface area contributed by atoms with Gasteiger partial charge in [-0.15, -0.1) is 0 Å². The number of nitrogens with one attached hydrogen (secondary N) is 2. The fourth-order valence-electron chi connectivity index (χ4n) is 4.40. The number of amides is 1. The standard InChI is InChI=1S/C28H28ClN3O6/c1-37-26-14-7-18(15-24(26)29)17-30-27(33)23-16-21(32(35)36)10-13-25(23)31-20-8-11-22(12-9-20)38-28(34)19-5-3-2-4-6-19/h2-7,10,13-16,20,22,31H,8-9,11-12,17H2,1H3,(H,30,33)/t20-,22+. The van der Waals surface area contributed by atoms with Crippen LogP contribution in [0.25, 0.3) is 0 Å². The second kappa shape index (κ2) is 12.4. The zero-order chi connectivity index (χ0) is 27.1. The van der Waals surface area contributed by atoms with Gasteiger partial charge in [-0.2, -0.15) is 0 Å². The van der Waals surface area contributed by atoms with Crippen molar-refractivity contribution >= 4 is 34.9 Å². The lowest BCUT2D eigenvalue weighted by atomic mass is 9.92. The number of carbonyl (C=O) groups is 2. The fourth-order valence-corrected chi connectivity index (χ4v) is 4.68. The minimum atomic E-state index is -0.532. The summed E-state index contributed by atoms with van der Waals surface area (Å²) in [7, 11) is 1.52. The molecule has 3 aromatic rings. The third-order valence-electron chi connectivity index (χ3n) is 6.44. The van der Waals surface area contributed by atoms with Gasteiger partial charge in [-0.05, 0) is 61.6 Å². The highest BCUT2D eigenvalue weighted by Crippen LogP contribution is 2.29. The molecule has 9 nitrogen and oxygen atoms in total. The number of esters is 1. The molecule has 0 heterocycles. The Morgan fingerprint density at radius 1 is 1.03 bits per heavy atom. The molecule has 38 heavy (non-hydrogen) atoms. The molecule has 198 valence electrons. The lowest BCUT2D eigenvalue weighted by molar-refractivity contribution is -0.384. The van der Waals surface area contributed by atoms with E-state index < -0.39 is 10.8 Å². The van der Waals surface area contributed by atoms with Crippen LogP contribution in [0.5, 0.6) is 5.75 Å². The number of hydrogen-bond acceptors (Lipinski definition) is 7. The summed E-state index contributed by atoms with van der Waals surface area (Å²) in [6, 6.07) is 18.3. The number of rotatable bonds is 9. The molecule has 1 fully saturated rings. The van der Waals surface area contributed by atoms with E-state index in [0.717, 1.165) is 18.4 Å². The van der Waals surface area contributed by atoms with Gasteiger partial charge in [0.25, 0.3) is 11.6 Å². The van der Waals surface area contributed by atoms with Crippen LogP contribution in [0.15, 0.2) is 66.7 Å². The van der Waals surface area contributed by atoms with Crippen LogP contribution < -0.4 is 15.4 Å². The SMILES string of the molecule is COc1ccc(CNC(=O)c2cc([N+](=O)[O-])ccc2N[C@H]2CC[C@@H](OC(=O)c3ccccc3)CC2)cc1Cl. The largest absolute Gasteiger partial charge is 0.495 e. The summed E-state index contributed by atoms with van der Waals surface area (Å²) >= 11 is 6.17. The highest BCUT2D eigenvalue weighted by atomic mass is 35.5. The van der Waals surface area contributed by atoms with Gasteiger partial charge < -0.3 is 20.1 Å². The van der Waals surface area contributed by atoms with Crippen LogP contribution >= 0.6 is 11.6 Å². The molecule has 0 bridgehead atoms. The monoisotopic (exact) mass is 537 g/mol. The molecular weight excluding hydrogens is 510 g/mol. The quantitative estimate of drug-likeness (QED) is 0.202. The van der Waals surface area contributed by atoms with Crippen LogP contribution in [-0.4, -0.2) is 36.1 Å². The van der Waals surface area contributed by atoms with Gasteiger partial charge in [0.05, 0.1) is 28.2 Å². The molecule has 1 aliphatic carbocycles. The molecule has 0 radical (unpaired) electrons. The maximum atomic E-state index is 13.1. The molecular formula is C28H28ClN3O6. The third-order valence-corrected chi connectivity index (χ3v) is 6.74. The fraction of sp³-hybridized carbons (Fsp3) is 0.286. The lowest BCUT2D eigenvalue weighted by Crippen LogP contribution is -2.32. The van der Waals surface area contributed by atoms with Crippen molar-refractivity contribution in [1.29, 1.82) is 0 Å². The van der Waals surface area contributed by atoms with Crippen molar-refractivity contribution in [3.05, 3.63) is 98.6 Å². The van der Waals surface area contributed by atoms with E-state index in [-0.39, 0.29) is 35.9 Å². The normalized spacial score (nSPS) is 16.8. The van der Waals surface area contributed by atoms with Crippen LogP contribution in [0.4, 0.5) is 11.4 Å². The number of benzene rings is 3. The molecule has 3 aromatic carbocycles. The Kier molecular flexibility index (Phi) is 8.81. The summed E-state index contributed by atoms with van der Waals surface area (Å²) in [6.07, 6.45) is 2.59. The molecule has 2 N–H and O–H groups in total. The number of hydrogen-bond donors (Lipinski definition) is 2. The highest BCUT2D eigenvalue weighted by Gasteiger charge is 2.26. The van der Waals surface area contributed by atoms with Gasteiger partial charge in [-0.25, -0.2) is 4.79 Å². The van der Waals surface area contributed by atoms with E-state index >= 15 is 0 Å². The Morgan fingerprint density at radius 2 is 1.76 bits per heavy atom. The minimum Gasteiger partial charge on any atom is -0.495 e. The van der Waals surface area contributed by atoms with Gasteiger partial charge in [0.15, 0.2) is 0 Å². The third kappa shape index (κ3) is 6.80. The van der Waals surface area contributed by atoms with Crippen molar-refractivity contribution in [1.82, 2.24) is 5.32 Å². The Morgan fingerprint density at radius 3 is 2.42 bits per heavy atom. The van der Waals surface area contributed by atoms with E-state index in [9.17, 15) is 19.7 Å². The smallest absolute Gasteiger partial charge is 0.338 e. The van der Waals surface area contributed by atoms with E-state index in [0.29, 0.717) is 34.9 Å². The average Bonchev–Trinajstić information content (AvgIpc) is 2.93. The lowest BCUT2D eigenvalue weighted by Gasteiger charge is -2.30. The number of nitrogens with zero attached hydrogens (tertiary/aromatic N) is 1. The molecule has 0 aromatic heterocycles. The summed E-state index contributed by atoms with van der Waals surface area (Å²) in [4.78, 5) is 36.3. The molecule has 1 aliphatic rings. The molecule has 0 spiro atoms. The van der Waals surface area contributed by atoms with Gasteiger partial charge in [0.1, 0.15) is 11.9 Å². The van der Waals surface area contributed by atoms with Crippen LogP contribution in [0.1, 0.15) is 52.0 Å². The van der Waals surface area contributed by atoms with E-state index in [2.05, 4.69) is 10.6 Å².